The van der Waals surface area contributed by atoms with E-state index in [1.165, 1.54) is 0 Å². The molecule has 0 unspecified atom stereocenters. The first-order valence-corrected chi connectivity index (χ1v) is 2.97. The van der Waals surface area contributed by atoms with Crippen LogP contribution < -0.4 is 0 Å². The Morgan fingerprint density at radius 1 is 1.83 bits per heavy atom. The zero-order valence-corrected chi connectivity index (χ0v) is 5.21. The Hall–Kier alpha value is 0.130. The average molecular weight is 201 g/mol. The number of alkyl halides is 1. The molecule has 0 bridgehead atoms. The molecule has 0 aliphatic heterocycles. The van der Waals surface area contributed by atoms with E-state index in [-0.39, 0.29) is 11.5 Å². The quantitative estimate of drug-likeness (QED) is 0.285. The molecule has 0 amide bonds. The highest BCUT2D eigenvalue weighted by Crippen LogP contribution is 1.78. The summed E-state index contributed by atoms with van der Waals surface area (Å²) in [5.41, 5.74) is 0. The van der Waals surface area contributed by atoms with Crippen LogP contribution in [-0.4, -0.2) is 15.9 Å². The van der Waals surface area contributed by atoms with Crippen molar-refractivity contribution < 1.29 is 4.92 Å². The van der Waals surface area contributed by atoms with Crippen molar-refractivity contribution in [1.29, 1.82) is 0 Å². The molecular formula is C2H4INO2. The van der Waals surface area contributed by atoms with E-state index in [2.05, 4.69) is 0 Å². The van der Waals surface area contributed by atoms with Crippen LogP contribution >= 0.6 is 22.6 Å². The summed E-state index contributed by atoms with van der Waals surface area (Å²) in [5, 5.41) is 9.40. The van der Waals surface area contributed by atoms with Crippen LogP contribution in [0.4, 0.5) is 0 Å². The van der Waals surface area contributed by atoms with Crippen LogP contribution in [-0.2, 0) is 0 Å². The standard InChI is InChI=1S/C2H4INO2/c3-1-2-4(5)6/h1-2H2. The predicted molar refractivity (Wildman–Crippen MR) is 30.7 cm³/mol. The molecule has 0 aliphatic carbocycles. The molecule has 0 saturated heterocycles. The first-order chi connectivity index (χ1) is 2.77. The molecule has 0 fully saturated rings. The lowest BCUT2D eigenvalue weighted by Gasteiger charge is -1.79. The van der Waals surface area contributed by atoms with Crippen molar-refractivity contribution in [3.63, 3.8) is 0 Å². The van der Waals surface area contributed by atoms with Crippen molar-refractivity contribution in [2.45, 2.75) is 0 Å². The summed E-state index contributed by atoms with van der Waals surface area (Å²) in [6.45, 7) is 0.0839. The molecule has 36 valence electrons. The van der Waals surface area contributed by atoms with Crippen LogP contribution in [0.25, 0.3) is 0 Å². The third kappa shape index (κ3) is 4.13. The topological polar surface area (TPSA) is 43.1 Å². The van der Waals surface area contributed by atoms with Gasteiger partial charge in [-0.15, -0.1) is 0 Å². The molecule has 3 nitrogen and oxygen atoms in total. The van der Waals surface area contributed by atoms with E-state index in [1.807, 2.05) is 22.6 Å². The van der Waals surface area contributed by atoms with Gasteiger partial charge in [0.05, 0.1) is 4.43 Å². The molecule has 0 heterocycles. The molecule has 6 heavy (non-hydrogen) atoms. The zero-order valence-electron chi connectivity index (χ0n) is 3.06. The van der Waals surface area contributed by atoms with E-state index in [9.17, 15) is 10.1 Å². The Bertz CT molecular complexity index is 55.5. The van der Waals surface area contributed by atoms with E-state index in [0.717, 1.165) is 0 Å². The summed E-state index contributed by atoms with van der Waals surface area (Å²) in [6, 6.07) is 0. The average Bonchev–Trinajstić information content (AvgIpc) is 1.35. The monoisotopic (exact) mass is 201 g/mol. The van der Waals surface area contributed by atoms with Crippen LogP contribution in [0, 0.1) is 10.1 Å². The van der Waals surface area contributed by atoms with Crippen LogP contribution in [0.1, 0.15) is 0 Å². The predicted octanol–water partition coefficient (Wildman–Crippen LogP) is 0.698. The second kappa shape index (κ2) is 3.32. The van der Waals surface area contributed by atoms with E-state index >= 15 is 0 Å². The fraction of sp³-hybridized carbons (Fsp3) is 1.00. The number of halogens is 1. The van der Waals surface area contributed by atoms with Crippen LogP contribution in [0.5, 0.6) is 0 Å². The van der Waals surface area contributed by atoms with Gasteiger partial charge < -0.3 is 0 Å². The van der Waals surface area contributed by atoms with Crippen molar-refractivity contribution in [1.82, 2.24) is 0 Å². The summed E-state index contributed by atoms with van der Waals surface area (Å²) in [6.07, 6.45) is 0. The number of hydrogen-bond acceptors (Lipinski definition) is 2. The molecule has 0 aromatic carbocycles. The van der Waals surface area contributed by atoms with Crippen molar-refractivity contribution in [3.05, 3.63) is 10.1 Å². The Morgan fingerprint density at radius 2 is 2.33 bits per heavy atom. The fourth-order valence-electron chi connectivity index (χ4n) is 0.0690. The highest BCUT2D eigenvalue weighted by molar-refractivity contribution is 14.1. The minimum Gasteiger partial charge on any atom is -0.265 e. The summed E-state index contributed by atoms with van der Waals surface area (Å²) < 4.78 is 0.602. The molecule has 0 N–H and O–H groups in total. The van der Waals surface area contributed by atoms with Crippen molar-refractivity contribution in [2.24, 2.45) is 0 Å². The van der Waals surface area contributed by atoms with Gasteiger partial charge >= 0.3 is 0 Å². The second-order valence-corrected chi connectivity index (χ2v) is 1.82. The van der Waals surface area contributed by atoms with Gasteiger partial charge in [-0.25, -0.2) is 0 Å². The second-order valence-electron chi connectivity index (χ2n) is 0.745. The number of rotatable bonds is 2. The van der Waals surface area contributed by atoms with Crippen LogP contribution in [0.3, 0.4) is 0 Å². The van der Waals surface area contributed by atoms with Crippen molar-refractivity contribution in [3.8, 4) is 0 Å². The summed E-state index contributed by atoms with van der Waals surface area (Å²) in [5.74, 6) is 0. The van der Waals surface area contributed by atoms with Crippen LogP contribution in [0.2, 0.25) is 0 Å². The van der Waals surface area contributed by atoms with Crippen molar-refractivity contribution in [2.75, 3.05) is 11.0 Å². The molecule has 0 aromatic rings. The van der Waals surface area contributed by atoms with Gasteiger partial charge in [0.2, 0.25) is 6.54 Å². The van der Waals surface area contributed by atoms with Gasteiger partial charge in [-0.1, -0.05) is 22.6 Å². The molecule has 4 heteroatoms. The molecule has 0 radical (unpaired) electrons. The summed E-state index contributed by atoms with van der Waals surface area (Å²) in [7, 11) is 0. The molecule has 0 spiro atoms. The van der Waals surface area contributed by atoms with Gasteiger partial charge in [0.1, 0.15) is 0 Å². The SMILES string of the molecule is O=[N+]([O-])CCI. The van der Waals surface area contributed by atoms with E-state index < -0.39 is 0 Å². The maximum Gasteiger partial charge on any atom is 0.212 e. The van der Waals surface area contributed by atoms with E-state index in [0.29, 0.717) is 4.43 Å². The number of nitro groups is 1. The first-order valence-electron chi connectivity index (χ1n) is 1.45. The lowest BCUT2D eigenvalue weighted by atomic mass is 10.8. The van der Waals surface area contributed by atoms with Gasteiger partial charge in [-0.05, 0) is 0 Å². The molecule has 0 atom stereocenters. The largest absolute Gasteiger partial charge is 0.265 e. The third-order valence-electron chi connectivity index (χ3n) is 0.267. The number of hydrogen-bond donors (Lipinski definition) is 0. The van der Waals surface area contributed by atoms with Gasteiger partial charge in [-0.3, -0.25) is 10.1 Å². The Balaban J connectivity index is 2.83. The van der Waals surface area contributed by atoms with Crippen LogP contribution in [0.15, 0.2) is 0 Å². The maximum absolute atomic E-state index is 9.40. The van der Waals surface area contributed by atoms with Gasteiger partial charge in [0.25, 0.3) is 0 Å². The summed E-state index contributed by atoms with van der Waals surface area (Å²) >= 11 is 1.96. The Labute approximate surface area is 49.0 Å². The van der Waals surface area contributed by atoms with E-state index in [4.69, 9.17) is 0 Å². The normalized spacial score (nSPS) is 8.17. The van der Waals surface area contributed by atoms with Gasteiger partial charge in [-0.2, -0.15) is 0 Å². The first kappa shape index (κ1) is 6.13. The fourth-order valence-corrected chi connectivity index (χ4v) is 0.463. The molecule has 0 aromatic heterocycles. The maximum atomic E-state index is 9.40. The lowest BCUT2D eigenvalue weighted by Crippen LogP contribution is -1.99. The molecule has 0 rings (SSSR count). The minimum absolute atomic E-state index is 0.0839. The van der Waals surface area contributed by atoms with Crippen molar-refractivity contribution >= 4 is 22.6 Å². The van der Waals surface area contributed by atoms with E-state index in [1.54, 1.807) is 0 Å². The minimum atomic E-state index is -0.327. The lowest BCUT2D eigenvalue weighted by molar-refractivity contribution is -0.473. The molecule has 0 aliphatic rings. The Kier molecular flexibility index (Phi) is 3.40. The highest BCUT2D eigenvalue weighted by atomic mass is 127. The third-order valence-corrected chi connectivity index (χ3v) is 0.750. The smallest absolute Gasteiger partial charge is 0.212 e. The zero-order chi connectivity index (χ0) is 4.99. The summed E-state index contributed by atoms with van der Waals surface area (Å²) in [4.78, 5) is 9.07. The van der Waals surface area contributed by atoms with Gasteiger partial charge in [0.15, 0.2) is 0 Å². The van der Waals surface area contributed by atoms with Gasteiger partial charge in [0, 0.05) is 4.92 Å². The molecule has 0 saturated carbocycles. The molecular weight excluding hydrogens is 197 g/mol. The Morgan fingerprint density at radius 3 is 2.33 bits per heavy atom. The number of nitrogens with zero attached hydrogens (tertiary/aromatic N) is 1. The highest BCUT2D eigenvalue weighted by Gasteiger charge is 1.87.